The van der Waals surface area contributed by atoms with E-state index in [1.54, 1.807) is 21.3 Å². The third kappa shape index (κ3) is 7.27. The number of hydrogen-bond donors (Lipinski definition) is 2. The Morgan fingerprint density at radius 1 is 1.07 bits per heavy atom. The van der Waals surface area contributed by atoms with Crippen LogP contribution in [0.5, 0.6) is 17.2 Å². The van der Waals surface area contributed by atoms with Gasteiger partial charge in [0.25, 0.3) is 0 Å². The molecule has 0 aromatic heterocycles. The largest absolute Gasteiger partial charge is 0.493 e. The molecule has 1 heterocycles. The van der Waals surface area contributed by atoms with E-state index in [0.717, 1.165) is 62.2 Å². The number of ether oxygens (including phenoxy) is 3. The summed E-state index contributed by atoms with van der Waals surface area (Å²) in [6.07, 6.45) is 4.54. The van der Waals surface area contributed by atoms with E-state index < -0.39 is 0 Å². The van der Waals surface area contributed by atoms with E-state index in [1.807, 2.05) is 12.1 Å². The van der Waals surface area contributed by atoms with Gasteiger partial charge in [-0.25, -0.2) is 0 Å². The molecule has 170 valence electrons. The molecular formula is C23H40N4O3. The minimum absolute atomic E-state index is 0.630. The first-order chi connectivity index (χ1) is 14.6. The Morgan fingerprint density at radius 2 is 1.80 bits per heavy atom. The molecule has 7 nitrogen and oxygen atoms in total. The number of nitrogens with zero attached hydrogens (tertiary/aromatic N) is 2. The second-order valence-electron chi connectivity index (χ2n) is 7.81. The zero-order chi connectivity index (χ0) is 21.8. The van der Waals surface area contributed by atoms with E-state index in [2.05, 4.69) is 29.4 Å². The van der Waals surface area contributed by atoms with Crippen molar-refractivity contribution in [3.8, 4) is 17.2 Å². The first-order valence-corrected chi connectivity index (χ1v) is 11.1. The Morgan fingerprint density at radius 3 is 2.43 bits per heavy atom. The number of methoxy groups -OCH3 is 3. The molecule has 1 aromatic carbocycles. The molecule has 7 heteroatoms. The predicted molar refractivity (Wildman–Crippen MR) is 123 cm³/mol. The van der Waals surface area contributed by atoms with Crippen molar-refractivity contribution in [2.24, 2.45) is 10.9 Å². The lowest BCUT2D eigenvalue weighted by Crippen LogP contribution is -2.38. The molecule has 0 atom stereocenters. The van der Waals surface area contributed by atoms with Gasteiger partial charge in [-0.05, 0) is 64.2 Å². The predicted octanol–water partition coefficient (Wildman–Crippen LogP) is 2.93. The average molecular weight is 421 g/mol. The number of guanidine groups is 1. The Kier molecular flexibility index (Phi) is 10.6. The van der Waals surface area contributed by atoms with Gasteiger partial charge in [-0.2, -0.15) is 0 Å². The Hall–Kier alpha value is -2.15. The standard InChI is InChI=1S/C23H40N4O3/c1-6-24-23(25-13-7-15-27-16-11-18(2)12-17-27)26-14-10-19-8-9-20(28-3)22(30-5)21(19)29-4/h8-9,18H,6-7,10-17H2,1-5H3,(H2,24,25,26). The van der Waals surface area contributed by atoms with Crippen molar-refractivity contribution < 1.29 is 14.2 Å². The molecule has 0 bridgehead atoms. The summed E-state index contributed by atoms with van der Waals surface area (Å²) in [4.78, 5) is 7.31. The molecule has 1 saturated heterocycles. The van der Waals surface area contributed by atoms with Crippen molar-refractivity contribution in [1.29, 1.82) is 0 Å². The fraction of sp³-hybridized carbons (Fsp3) is 0.696. The number of nitrogens with one attached hydrogen (secondary N) is 2. The molecular weight excluding hydrogens is 380 g/mol. The molecule has 2 rings (SSSR count). The summed E-state index contributed by atoms with van der Waals surface area (Å²) in [6, 6.07) is 3.93. The zero-order valence-electron chi connectivity index (χ0n) is 19.4. The number of benzene rings is 1. The fourth-order valence-corrected chi connectivity index (χ4v) is 3.79. The van der Waals surface area contributed by atoms with E-state index >= 15 is 0 Å². The maximum absolute atomic E-state index is 5.58. The summed E-state index contributed by atoms with van der Waals surface area (Å²) in [5, 5.41) is 6.76. The molecule has 30 heavy (non-hydrogen) atoms. The highest BCUT2D eigenvalue weighted by atomic mass is 16.5. The maximum atomic E-state index is 5.58. The normalized spacial score (nSPS) is 15.7. The van der Waals surface area contributed by atoms with Gasteiger partial charge in [0.2, 0.25) is 5.75 Å². The second kappa shape index (κ2) is 13.2. The lowest BCUT2D eigenvalue weighted by molar-refractivity contribution is 0.192. The molecule has 0 aliphatic carbocycles. The van der Waals surface area contributed by atoms with E-state index in [1.165, 1.54) is 25.9 Å². The number of rotatable bonds is 11. The summed E-state index contributed by atoms with van der Waals surface area (Å²) < 4.78 is 16.4. The first kappa shape index (κ1) is 24.1. The monoisotopic (exact) mass is 420 g/mol. The zero-order valence-corrected chi connectivity index (χ0v) is 19.4. The molecule has 1 aromatic rings. The fourth-order valence-electron chi connectivity index (χ4n) is 3.79. The van der Waals surface area contributed by atoms with Crippen molar-refractivity contribution in [2.45, 2.75) is 39.5 Å². The molecule has 1 fully saturated rings. The lowest BCUT2D eigenvalue weighted by Gasteiger charge is -2.29. The van der Waals surface area contributed by atoms with Gasteiger partial charge >= 0.3 is 0 Å². The second-order valence-corrected chi connectivity index (χ2v) is 7.81. The van der Waals surface area contributed by atoms with Gasteiger partial charge in [0.1, 0.15) is 0 Å². The van der Waals surface area contributed by atoms with E-state index in [9.17, 15) is 0 Å². The number of piperidine rings is 1. The topological polar surface area (TPSA) is 67.4 Å². The van der Waals surface area contributed by atoms with Gasteiger partial charge in [0.05, 0.1) is 21.3 Å². The van der Waals surface area contributed by atoms with Crippen LogP contribution >= 0.6 is 0 Å². The summed E-state index contributed by atoms with van der Waals surface area (Å²) in [6.45, 7) is 10.5. The molecule has 0 radical (unpaired) electrons. The minimum atomic E-state index is 0.630. The molecule has 1 aliphatic rings. The number of hydrogen-bond acceptors (Lipinski definition) is 5. The van der Waals surface area contributed by atoms with E-state index in [-0.39, 0.29) is 0 Å². The van der Waals surface area contributed by atoms with Crippen LogP contribution in [-0.4, -0.2) is 71.5 Å². The van der Waals surface area contributed by atoms with Crippen molar-refractivity contribution in [1.82, 2.24) is 15.5 Å². The summed E-state index contributed by atoms with van der Waals surface area (Å²) >= 11 is 0. The van der Waals surface area contributed by atoms with Crippen LogP contribution in [0, 0.1) is 5.92 Å². The molecule has 0 amide bonds. The number of aliphatic imine (C=N–C) groups is 1. The number of likely N-dealkylation sites (tertiary alicyclic amines) is 1. The van der Waals surface area contributed by atoms with Crippen LogP contribution < -0.4 is 24.8 Å². The molecule has 1 aliphatic heterocycles. The summed E-state index contributed by atoms with van der Waals surface area (Å²) in [5.41, 5.74) is 1.07. The highest BCUT2D eigenvalue weighted by Gasteiger charge is 2.16. The molecule has 0 unspecified atom stereocenters. The Balaban J connectivity index is 1.83. The molecule has 0 saturated carbocycles. The van der Waals surface area contributed by atoms with Gasteiger partial charge < -0.3 is 29.7 Å². The van der Waals surface area contributed by atoms with Gasteiger partial charge in [-0.1, -0.05) is 13.0 Å². The van der Waals surface area contributed by atoms with Crippen LogP contribution in [0.2, 0.25) is 0 Å². The van der Waals surface area contributed by atoms with Crippen LogP contribution in [-0.2, 0) is 6.42 Å². The van der Waals surface area contributed by atoms with Crippen molar-refractivity contribution in [3.63, 3.8) is 0 Å². The van der Waals surface area contributed by atoms with Gasteiger partial charge in [-0.3, -0.25) is 4.99 Å². The molecule has 0 spiro atoms. The maximum Gasteiger partial charge on any atom is 0.203 e. The smallest absolute Gasteiger partial charge is 0.203 e. The summed E-state index contributed by atoms with van der Waals surface area (Å²) in [5.74, 6) is 3.77. The quantitative estimate of drug-likeness (QED) is 0.326. The van der Waals surface area contributed by atoms with Crippen LogP contribution in [0.3, 0.4) is 0 Å². The highest BCUT2D eigenvalue weighted by Crippen LogP contribution is 2.39. The highest BCUT2D eigenvalue weighted by molar-refractivity contribution is 5.79. The van der Waals surface area contributed by atoms with Crippen LogP contribution in [0.4, 0.5) is 0 Å². The van der Waals surface area contributed by atoms with Crippen LogP contribution in [0.25, 0.3) is 0 Å². The molecule has 2 N–H and O–H groups in total. The lowest BCUT2D eigenvalue weighted by atomic mass is 9.99. The van der Waals surface area contributed by atoms with Gasteiger partial charge in [0, 0.05) is 25.2 Å². The van der Waals surface area contributed by atoms with Crippen LogP contribution in [0.1, 0.15) is 38.7 Å². The van der Waals surface area contributed by atoms with E-state index in [4.69, 9.17) is 19.2 Å². The van der Waals surface area contributed by atoms with Gasteiger partial charge in [-0.15, -0.1) is 0 Å². The van der Waals surface area contributed by atoms with Crippen molar-refractivity contribution in [2.75, 3.05) is 60.6 Å². The Labute approximate surface area is 182 Å². The third-order valence-corrected chi connectivity index (χ3v) is 5.60. The van der Waals surface area contributed by atoms with Crippen LogP contribution in [0.15, 0.2) is 17.1 Å². The minimum Gasteiger partial charge on any atom is -0.493 e. The first-order valence-electron chi connectivity index (χ1n) is 11.1. The summed E-state index contributed by atoms with van der Waals surface area (Å²) in [7, 11) is 4.91. The SMILES string of the molecule is CCNC(=NCCCN1CCC(C)CC1)NCCc1ccc(OC)c(OC)c1OC. The third-order valence-electron chi connectivity index (χ3n) is 5.60. The Bertz CT molecular complexity index is 658. The van der Waals surface area contributed by atoms with Crippen molar-refractivity contribution >= 4 is 5.96 Å². The van der Waals surface area contributed by atoms with Crippen molar-refractivity contribution in [3.05, 3.63) is 17.7 Å². The average Bonchev–Trinajstić information content (AvgIpc) is 2.77. The van der Waals surface area contributed by atoms with E-state index in [0.29, 0.717) is 11.5 Å². The van der Waals surface area contributed by atoms with Gasteiger partial charge in [0.15, 0.2) is 17.5 Å².